The van der Waals surface area contributed by atoms with Gasteiger partial charge in [-0.25, -0.2) is 0 Å². The third kappa shape index (κ3) is 5.37. The predicted octanol–water partition coefficient (Wildman–Crippen LogP) is 3.69. The van der Waals surface area contributed by atoms with Gasteiger partial charge < -0.3 is 10.1 Å². The molecule has 17 heavy (non-hydrogen) atoms. The molecule has 0 aliphatic carbocycles. The number of hydrogen-bond acceptors (Lipinski definition) is 2. The normalized spacial score (nSPS) is 10.6. The number of hydrogen-bond donors (Lipinski definition) is 1. The van der Waals surface area contributed by atoms with Gasteiger partial charge in [-0.1, -0.05) is 42.4 Å². The van der Waals surface area contributed by atoms with Crippen LogP contribution in [0, 0.1) is 6.92 Å². The maximum Gasteiger partial charge on any atom is 0.123 e. The molecule has 0 radical (unpaired) electrons. The molecule has 0 aliphatic rings. The van der Waals surface area contributed by atoms with Crippen molar-refractivity contribution < 1.29 is 4.74 Å². The van der Waals surface area contributed by atoms with Crippen LogP contribution in [0.2, 0.25) is 0 Å². The van der Waals surface area contributed by atoms with E-state index in [0.29, 0.717) is 12.6 Å². The summed E-state index contributed by atoms with van der Waals surface area (Å²) in [6.07, 6.45) is 0. The van der Waals surface area contributed by atoms with Gasteiger partial charge in [0.2, 0.25) is 0 Å². The van der Waals surface area contributed by atoms with Crippen molar-refractivity contribution in [2.75, 3.05) is 13.2 Å². The highest BCUT2D eigenvalue weighted by Gasteiger charge is 2.02. The second-order valence-electron chi connectivity index (χ2n) is 4.48. The van der Waals surface area contributed by atoms with Gasteiger partial charge in [0, 0.05) is 17.1 Å². The molecule has 0 aliphatic heterocycles. The van der Waals surface area contributed by atoms with Crippen LogP contribution in [0.4, 0.5) is 0 Å². The maximum atomic E-state index is 5.74. The number of nitrogens with one attached hydrogen (secondary N) is 1. The van der Waals surface area contributed by atoms with Gasteiger partial charge in [-0.15, -0.1) is 0 Å². The van der Waals surface area contributed by atoms with E-state index in [2.05, 4.69) is 41.7 Å². The molecule has 0 saturated carbocycles. The summed E-state index contributed by atoms with van der Waals surface area (Å²) in [6, 6.07) is 6.50. The van der Waals surface area contributed by atoms with Crippen molar-refractivity contribution in [2.24, 2.45) is 0 Å². The fourth-order valence-electron chi connectivity index (χ4n) is 1.31. The minimum atomic E-state index is 0.472. The largest absolute Gasteiger partial charge is 0.489 e. The molecule has 0 fully saturated rings. The zero-order valence-electron chi connectivity index (χ0n) is 10.7. The zero-order chi connectivity index (χ0) is 12.8. The fourth-order valence-corrected chi connectivity index (χ4v) is 1.65. The molecule has 0 heterocycles. The second kappa shape index (κ2) is 6.82. The molecule has 0 unspecified atom stereocenters. The minimum absolute atomic E-state index is 0.472. The molecule has 1 aromatic rings. The second-order valence-corrected chi connectivity index (χ2v) is 5.40. The molecule has 0 saturated heterocycles. The topological polar surface area (TPSA) is 21.3 Å². The first-order valence-electron chi connectivity index (χ1n) is 5.78. The highest BCUT2D eigenvalue weighted by atomic mass is 79.9. The Morgan fingerprint density at radius 1 is 1.47 bits per heavy atom. The Hall–Kier alpha value is -0.800. The number of rotatable bonds is 6. The lowest BCUT2D eigenvalue weighted by atomic mass is 10.2. The van der Waals surface area contributed by atoms with Crippen LogP contribution in [0.25, 0.3) is 0 Å². The van der Waals surface area contributed by atoms with Gasteiger partial charge in [0.15, 0.2) is 0 Å². The minimum Gasteiger partial charge on any atom is -0.489 e. The van der Waals surface area contributed by atoms with Crippen molar-refractivity contribution >= 4 is 15.9 Å². The molecular formula is C14H20BrNO. The van der Waals surface area contributed by atoms with E-state index in [1.54, 1.807) is 0 Å². The molecule has 2 nitrogen and oxygen atoms in total. The van der Waals surface area contributed by atoms with Gasteiger partial charge in [0.25, 0.3) is 0 Å². The summed E-state index contributed by atoms with van der Waals surface area (Å²) in [7, 11) is 0. The van der Waals surface area contributed by atoms with Gasteiger partial charge in [-0.2, -0.15) is 0 Å². The maximum absolute atomic E-state index is 5.74. The van der Waals surface area contributed by atoms with Crippen molar-refractivity contribution in [3.63, 3.8) is 0 Å². The third-order valence-corrected chi connectivity index (χ3v) is 2.84. The fraction of sp³-hybridized carbons (Fsp3) is 0.429. The zero-order valence-corrected chi connectivity index (χ0v) is 12.3. The van der Waals surface area contributed by atoms with Gasteiger partial charge in [0.1, 0.15) is 12.4 Å². The Morgan fingerprint density at radius 2 is 2.18 bits per heavy atom. The summed E-state index contributed by atoms with van der Waals surface area (Å²) >= 11 is 3.44. The van der Waals surface area contributed by atoms with Crippen LogP contribution in [0.15, 0.2) is 34.8 Å². The van der Waals surface area contributed by atoms with E-state index in [0.717, 1.165) is 27.9 Å². The molecular weight excluding hydrogens is 278 g/mol. The first kappa shape index (κ1) is 14.3. The van der Waals surface area contributed by atoms with Crippen LogP contribution in [-0.2, 0) is 0 Å². The lowest BCUT2D eigenvalue weighted by Crippen LogP contribution is -2.26. The van der Waals surface area contributed by atoms with E-state index in [-0.39, 0.29) is 0 Å². The van der Waals surface area contributed by atoms with Gasteiger partial charge in [0.05, 0.1) is 0 Å². The van der Waals surface area contributed by atoms with Gasteiger partial charge in [-0.05, 0) is 30.2 Å². The molecule has 0 spiro atoms. The summed E-state index contributed by atoms with van der Waals surface area (Å²) < 4.78 is 6.77. The van der Waals surface area contributed by atoms with E-state index in [1.807, 2.05) is 25.1 Å². The Labute approximate surface area is 112 Å². The van der Waals surface area contributed by atoms with Gasteiger partial charge >= 0.3 is 0 Å². The summed E-state index contributed by atoms with van der Waals surface area (Å²) in [6.45, 7) is 11.6. The monoisotopic (exact) mass is 297 g/mol. The van der Waals surface area contributed by atoms with Crippen molar-refractivity contribution in [3.8, 4) is 5.75 Å². The SMILES string of the molecule is C=C(CNC(C)C)COc1cc(Br)ccc1C. The Bertz CT molecular complexity index is 388. The number of halogens is 1. The summed E-state index contributed by atoms with van der Waals surface area (Å²) in [5.41, 5.74) is 2.19. The highest BCUT2D eigenvalue weighted by Crippen LogP contribution is 2.23. The average Bonchev–Trinajstić information content (AvgIpc) is 2.27. The van der Waals surface area contributed by atoms with E-state index >= 15 is 0 Å². The van der Waals surface area contributed by atoms with Crippen molar-refractivity contribution in [1.82, 2.24) is 5.32 Å². The molecule has 1 rings (SSSR count). The quantitative estimate of drug-likeness (QED) is 0.809. The molecule has 0 aromatic heterocycles. The molecule has 0 bridgehead atoms. The first-order valence-corrected chi connectivity index (χ1v) is 6.57. The standard InChI is InChI=1S/C14H20BrNO/c1-10(2)16-8-11(3)9-17-14-7-13(15)6-5-12(14)4/h5-7,10,16H,3,8-9H2,1-2,4H3. The van der Waals surface area contributed by atoms with E-state index < -0.39 is 0 Å². The molecule has 1 N–H and O–H groups in total. The number of benzene rings is 1. The number of aryl methyl sites for hydroxylation is 1. The summed E-state index contributed by atoms with van der Waals surface area (Å²) in [5.74, 6) is 0.907. The van der Waals surface area contributed by atoms with Crippen LogP contribution < -0.4 is 10.1 Å². The summed E-state index contributed by atoms with van der Waals surface area (Å²) in [4.78, 5) is 0. The predicted molar refractivity (Wildman–Crippen MR) is 76.7 cm³/mol. The molecule has 94 valence electrons. The van der Waals surface area contributed by atoms with E-state index in [1.165, 1.54) is 0 Å². The lowest BCUT2D eigenvalue weighted by molar-refractivity contribution is 0.344. The number of ether oxygens (including phenoxy) is 1. The molecule has 0 amide bonds. The van der Waals surface area contributed by atoms with Crippen molar-refractivity contribution in [1.29, 1.82) is 0 Å². The summed E-state index contributed by atoms with van der Waals surface area (Å²) in [5, 5.41) is 3.32. The smallest absolute Gasteiger partial charge is 0.123 e. The third-order valence-electron chi connectivity index (χ3n) is 2.34. The van der Waals surface area contributed by atoms with Crippen LogP contribution in [0.3, 0.4) is 0 Å². The Morgan fingerprint density at radius 3 is 2.82 bits per heavy atom. The molecule has 3 heteroatoms. The van der Waals surface area contributed by atoms with Crippen LogP contribution in [0.1, 0.15) is 19.4 Å². The first-order chi connectivity index (χ1) is 7.99. The van der Waals surface area contributed by atoms with E-state index in [4.69, 9.17) is 4.74 Å². The van der Waals surface area contributed by atoms with Crippen molar-refractivity contribution in [2.45, 2.75) is 26.8 Å². The Kier molecular flexibility index (Phi) is 5.72. The molecule has 0 atom stereocenters. The highest BCUT2D eigenvalue weighted by molar-refractivity contribution is 9.10. The van der Waals surface area contributed by atoms with Gasteiger partial charge in [-0.3, -0.25) is 0 Å². The molecule has 1 aromatic carbocycles. The van der Waals surface area contributed by atoms with E-state index in [9.17, 15) is 0 Å². The van der Waals surface area contributed by atoms with Crippen LogP contribution in [0.5, 0.6) is 5.75 Å². The average molecular weight is 298 g/mol. The van der Waals surface area contributed by atoms with Crippen LogP contribution in [-0.4, -0.2) is 19.2 Å². The lowest BCUT2D eigenvalue weighted by Gasteiger charge is -2.13. The van der Waals surface area contributed by atoms with Crippen molar-refractivity contribution in [3.05, 3.63) is 40.4 Å². The van der Waals surface area contributed by atoms with Crippen LogP contribution >= 0.6 is 15.9 Å². The Balaban J connectivity index is 2.44.